The standard InChI is InChI=1S/C10H13O3S/c1-3-13-8-14(11,12)10-6-4-9(2)5-7-10/h4-8H,3H2,1-2H3. The molecule has 0 spiro atoms. The van der Waals surface area contributed by atoms with Gasteiger partial charge in [-0.15, -0.1) is 0 Å². The molecule has 14 heavy (non-hydrogen) atoms. The van der Waals surface area contributed by atoms with E-state index < -0.39 is 9.84 Å². The van der Waals surface area contributed by atoms with Crippen molar-refractivity contribution < 1.29 is 13.2 Å². The normalized spacial score (nSPS) is 11.6. The van der Waals surface area contributed by atoms with Crippen LogP contribution in [-0.2, 0) is 14.6 Å². The Labute approximate surface area is 84.6 Å². The lowest BCUT2D eigenvalue weighted by atomic mass is 10.2. The molecule has 1 rings (SSSR count). The Balaban J connectivity index is 2.87. The second kappa shape index (κ2) is 4.57. The lowest BCUT2D eigenvalue weighted by molar-refractivity contribution is 0.243. The fraction of sp³-hybridized carbons (Fsp3) is 0.300. The fourth-order valence-corrected chi connectivity index (χ4v) is 1.88. The summed E-state index contributed by atoms with van der Waals surface area (Å²) in [5.74, 6) is 0.887. The van der Waals surface area contributed by atoms with Gasteiger partial charge in [-0.2, -0.15) is 0 Å². The van der Waals surface area contributed by atoms with E-state index in [4.69, 9.17) is 4.74 Å². The van der Waals surface area contributed by atoms with E-state index in [2.05, 4.69) is 0 Å². The summed E-state index contributed by atoms with van der Waals surface area (Å²) in [7, 11) is -3.39. The first-order chi connectivity index (χ1) is 6.56. The molecule has 3 nitrogen and oxygen atoms in total. The molecule has 0 aromatic heterocycles. The maximum Gasteiger partial charge on any atom is 0.208 e. The fourth-order valence-electron chi connectivity index (χ4n) is 0.941. The minimum atomic E-state index is -3.39. The molecular formula is C10H13O3S. The highest BCUT2D eigenvalue weighted by molar-refractivity contribution is 7.93. The van der Waals surface area contributed by atoms with Gasteiger partial charge in [-0.05, 0) is 26.0 Å². The van der Waals surface area contributed by atoms with E-state index in [1.807, 2.05) is 6.92 Å². The Bertz CT molecular complexity index is 378. The average molecular weight is 213 g/mol. The molecule has 0 aliphatic heterocycles. The van der Waals surface area contributed by atoms with E-state index in [0.29, 0.717) is 6.61 Å². The second-order valence-electron chi connectivity index (χ2n) is 2.91. The minimum Gasteiger partial charge on any atom is -0.359 e. The van der Waals surface area contributed by atoms with Gasteiger partial charge in [-0.25, -0.2) is 8.42 Å². The highest BCUT2D eigenvalue weighted by Gasteiger charge is 2.14. The van der Waals surface area contributed by atoms with Crippen LogP contribution in [0.15, 0.2) is 29.2 Å². The van der Waals surface area contributed by atoms with Crippen LogP contribution in [0, 0.1) is 12.9 Å². The number of hydrogen-bond acceptors (Lipinski definition) is 3. The third kappa shape index (κ3) is 2.82. The summed E-state index contributed by atoms with van der Waals surface area (Å²) in [4.78, 5) is 0.261. The average Bonchev–Trinajstić information content (AvgIpc) is 2.16. The number of sulfone groups is 1. The van der Waals surface area contributed by atoms with Crippen molar-refractivity contribution in [1.29, 1.82) is 0 Å². The van der Waals surface area contributed by atoms with Crippen molar-refractivity contribution >= 4 is 9.84 Å². The van der Waals surface area contributed by atoms with Crippen LogP contribution in [0.2, 0.25) is 0 Å². The molecule has 0 aliphatic carbocycles. The maximum atomic E-state index is 11.5. The molecule has 1 aromatic rings. The second-order valence-corrected chi connectivity index (χ2v) is 4.66. The van der Waals surface area contributed by atoms with Gasteiger partial charge < -0.3 is 4.74 Å². The molecule has 77 valence electrons. The van der Waals surface area contributed by atoms with E-state index in [-0.39, 0.29) is 4.90 Å². The summed E-state index contributed by atoms with van der Waals surface area (Å²) >= 11 is 0. The summed E-state index contributed by atoms with van der Waals surface area (Å²) in [6, 6.07) is 6.65. The molecule has 0 bridgehead atoms. The molecule has 1 radical (unpaired) electrons. The van der Waals surface area contributed by atoms with E-state index in [1.165, 1.54) is 0 Å². The van der Waals surface area contributed by atoms with Gasteiger partial charge in [0.2, 0.25) is 15.8 Å². The Hall–Kier alpha value is -0.870. The minimum absolute atomic E-state index is 0.261. The number of aryl methyl sites for hydroxylation is 1. The number of hydrogen-bond donors (Lipinski definition) is 0. The van der Waals surface area contributed by atoms with Crippen molar-refractivity contribution in [2.75, 3.05) is 6.61 Å². The smallest absolute Gasteiger partial charge is 0.208 e. The highest BCUT2D eigenvalue weighted by Crippen LogP contribution is 2.14. The van der Waals surface area contributed by atoms with Gasteiger partial charge in [-0.3, -0.25) is 0 Å². The van der Waals surface area contributed by atoms with Crippen LogP contribution in [-0.4, -0.2) is 15.0 Å². The molecule has 4 heteroatoms. The highest BCUT2D eigenvalue weighted by atomic mass is 32.2. The van der Waals surface area contributed by atoms with Gasteiger partial charge in [0.1, 0.15) is 0 Å². The zero-order chi connectivity index (χ0) is 10.6. The molecule has 0 atom stereocenters. The summed E-state index contributed by atoms with van der Waals surface area (Å²) in [5, 5.41) is 0. The van der Waals surface area contributed by atoms with Crippen LogP contribution >= 0.6 is 0 Å². The molecule has 0 unspecified atom stereocenters. The van der Waals surface area contributed by atoms with Crippen molar-refractivity contribution in [3.8, 4) is 0 Å². The van der Waals surface area contributed by atoms with Crippen LogP contribution in [0.3, 0.4) is 0 Å². The molecule has 0 fully saturated rings. The monoisotopic (exact) mass is 213 g/mol. The van der Waals surface area contributed by atoms with Gasteiger partial charge in [0.15, 0.2) is 0 Å². The maximum absolute atomic E-state index is 11.5. The van der Waals surface area contributed by atoms with Gasteiger partial charge in [0.25, 0.3) is 0 Å². The summed E-state index contributed by atoms with van der Waals surface area (Å²) in [5.41, 5.74) is 1.03. The lowest BCUT2D eigenvalue weighted by Crippen LogP contribution is -2.04. The molecule has 0 saturated carbocycles. The van der Waals surface area contributed by atoms with Gasteiger partial charge in [0, 0.05) is 6.61 Å². The van der Waals surface area contributed by atoms with E-state index in [0.717, 1.165) is 11.5 Å². The molecule has 0 N–H and O–H groups in total. The van der Waals surface area contributed by atoms with Crippen LogP contribution in [0.1, 0.15) is 12.5 Å². The predicted octanol–water partition coefficient (Wildman–Crippen LogP) is 1.92. The van der Waals surface area contributed by atoms with Gasteiger partial charge >= 0.3 is 0 Å². The Morgan fingerprint density at radius 1 is 1.29 bits per heavy atom. The third-order valence-corrected chi connectivity index (χ3v) is 3.03. The van der Waals surface area contributed by atoms with Crippen LogP contribution in [0.5, 0.6) is 0 Å². The SMILES string of the molecule is CCO[CH]S(=O)(=O)c1ccc(C)cc1. The first kappa shape index (κ1) is 11.2. The van der Waals surface area contributed by atoms with Crippen molar-refractivity contribution in [1.82, 2.24) is 0 Å². The quantitative estimate of drug-likeness (QED) is 0.767. The molecule has 0 amide bonds. The molecule has 0 aliphatic rings. The zero-order valence-corrected chi connectivity index (χ0v) is 9.04. The van der Waals surface area contributed by atoms with Gasteiger partial charge in [-0.1, -0.05) is 17.7 Å². The largest absolute Gasteiger partial charge is 0.359 e. The molecule has 0 saturated heterocycles. The van der Waals surface area contributed by atoms with Crippen molar-refractivity contribution in [2.24, 2.45) is 0 Å². The van der Waals surface area contributed by atoms with Crippen molar-refractivity contribution in [3.05, 3.63) is 35.8 Å². The topological polar surface area (TPSA) is 43.4 Å². The van der Waals surface area contributed by atoms with Gasteiger partial charge in [0.05, 0.1) is 4.90 Å². The zero-order valence-electron chi connectivity index (χ0n) is 8.23. The Kier molecular flexibility index (Phi) is 3.66. The number of ether oxygens (including phenoxy) is 1. The van der Waals surface area contributed by atoms with E-state index in [1.54, 1.807) is 31.2 Å². The molecule has 0 heterocycles. The van der Waals surface area contributed by atoms with E-state index in [9.17, 15) is 8.42 Å². The first-order valence-corrected chi connectivity index (χ1v) is 5.87. The molecule has 1 aromatic carbocycles. The van der Waals surface area contributed by atoms with Crippen LogP contribution in [0.4, 0.5) is 0 Å². The van der Waals surface area contributed by atoms with Crippen molar-refractivity contribution in [3.63, 3.8) is 0 Å². The number of benzene rings is 1. The Morgan fingerprint density at radius 3 is 2.36 bits per heavy atom. The van der Waals surface area contributed by atoms with Crippen LogP contribution < -0.4 is 0 Å². The number of rotatable bonds is 4. The predicted molar refractivity (Wildman–Crippen MR) is 54.3 cm³/mol. The molecular weight excluding hydrogens is 200 g/mol. The first-order valence-electron chi connectivity index (χ1n) is 4.33. The Morgan fingerprint density at radius 2 is 1.86 bits per heavy atom. The summed E-state index contributed by atoms with van der Waals surface area (Å²) in [6.45, 7) is 3.99. The lowest BCUT2D eigenvalue weighted by Gasteiger charge is -2.03. The van der Waals surface area contributed by atoms with E-state index >= 15 is 0 Å². The van der Waals surface area contributed by atoms with Crippen LogP contribution in [0.25, 0.3) is 0 Å². The third-order valence-electron chi connectivity index (χ3n) is 1.71. The summed E-state index contributed by atoms with van der Waals surface area (Å²) < 4.78 is 27.8. The van der Waals surface area contributed by atoms with Crippen molar-refractivity contribution in [2.45, 2.75) is 18.7 Å². The summed E-state index contributed by atoms with van der Waals surface area (Å²) in [6.07, 6.45) is 0.